The molecule has 4 rings (SSSR count). The molecule has 1 aromatic carbocycles. The van der Waals surface area contributed by atoms with E-state index >= 15 is 0 Å². The molecule has 5 nitrogen and oxygen atoms in total. The number of hydrogen-bond donors (Lipinski definition) is 0. The molecule has 0 radical (unpaired) electrons. The first-order valence-corrected chi connectivity index (χ1v) is 9.02. The molecule has 0 bridgehead atoms. The van der Waals surface area contributed by atoms with E-state index in [1.165, 1.54) is 4.90 Å². The molecule has 25 heavy (non-hydrogen) atoms. The van der Waals surface area contributed by atoms with Gasteiger partial charge < -0.3 is 9.31 Å². The number of hydrogen-bond acceptors (Lipinski definition) is 4. The lowest BCUT2D eigenvalue weighted by atomic mass is 9.54. The molecule has 0 spiro atoms. The van der Waals surface area contributed by atoms with Crippen molar-refractivity contribution in [2.75, 3.05) is 6.54 Å². The average Bonchev–Trinajstić information content (AvgIpc) is 2.87. The lowest BCUT2D eigenvalue weighted by Gasteiger charge is -2.39. The summed E-state index contributed by atoms with van der Waals surface area (Å²) >= 11 is 0. The Morgan fingerprint density at radius 3 is 1.96 bits per heavy atom. The van der Waals surface area contributed by atoms with Gasteiger partial charge in [0.1, 0.15) is 0 Å². The molecule has 2 aliphatic heterocycles. The summed E-state index contributed by atoms with van der Waals surface area (Å²) in [6.45, 7) is 8.63. The molecule has 0 N–H and O–H groups in total. The van der Waals surface area contributed by atoms with Crippen LogP contribution in [0, 0.1) is 5.92 Å². The molecule has 132 valence electrons. The summed E-state index contributed by atoms with van der Waals surface area (Å²) in [7, 11) is -0.265. The van der Waals surface area contributed by atoms with E-state index in [9.17, 15) is 9.59 Å². The van der Waals surface area contributed by atoms with Gasteiger partial charge in [-0.05, 0) is 58.0 Å². The van der Waals surface area contributed by atoms with Gasteiger partial charge in [0.15, 0.2) is 0 Å². The van der Waals surface area contributed by atoms with Gasteiger partial charge in [-0.3, -0.25) is 14.5 Å². The van der Waals surface area contributed by atoms with Gasteiger partial charge in [0.05, 0.1) is 22.3 Å². The lowest BCUT2D eigenvalue weighted by Crippen LogP contribution is -2.44. The van der Waals surface area contributed by atoms with Crippen LogP contribution in [-0.4, -0.2) is 41.6 Å². The minimum Gasteiger partial charge on any atom is -0.403 e. The van der Waals surface area contributed by atoms with Crippen LogP contribution >= 0.6 is 0 Å². The van der Waals surface area contributed by atoms with Crippen molar-refractivity contribution < 1.29 is 18.9 Å². The molecule has 6 heteroatoms. The standard InChI is InChI=1S/C19H24BNO4/c1-18(2)19(3,4)25-20(24-18)15-10-9-12(15)11-21-16(22)13-7-5-6-8-14(13)17(21)23/h5-8,12,15H,9-11H2,1-4H3/t12-,15+/m0/s1. The summed E-state index contributed by atoms with van der Waals surface area (Å²) in [5, 5.41) is 0. The highest BCUT2D eigenvalue weighted by Crippen LogP contribution is 2.49. The highest BCUT2D eigenvalue weighted by atomic mass is 16.7. The molecule has 2 atom stereocenters. The van der Waals surface area contributed by atoms with Crippen molar-refractivity contribution in [2.24, 2.45) is 5.92 Å². The third-order valence-electron chi connectivity index (χ3n) is 6.39. The fourth-order valence-electron chi connectivity index (χ4n) is 3.88. The SMILES string of the molecule is CC1(C)OB([C@@H]2CC[C@H]2CN2C(=O)c3ccccc3C2=O)OC1(C)C. The molecule has 1 saturated heterocycles. The highest BCUT2D eigenvalue weighted by molar-refractivity contribution is 6.48. The fraction of sp³-hybridized carbons (Fsp3) is 0.579. The molecule has 2 amide bonds. The fourth-order valence-corrected chi connectivity index (χ4v) is 3.88. The number of amides is 2. The molecule has 0 unspecified atom stereocenters. The quantitative estimate of drug-likeness (QED) is 0.626. The topological polar surface area (TPSA) is 55.8 Å². The highest BCUT2D eigenvalue weighted by Gasteiger charge is 2.57. The van der Waals surface area contributed by atoms with E-state index in [2.05, 4.69) is 0 Å². The summed E-state index contributed by atoms with van der Waals surface area (Å²) in [4.78, 5) is 26.5. The molecule has 3 aliphatic rings. The molecule has 0 aromatic heterocycles. The van der Waals surface area contributed by atoms with Crippen LogP contribution in [0.2, 0.25) is 5.82 Å². The molecular weight excluding hydrogens is 317 g/mol. The maximum atomic E-state index is 12.6. The van der Waals surface area contributed by atoms with E-state index in [-0.39, 0.29) is 41.9 Å². The number of nitrogens with zero attached hydrogens (tertiary/aromatic N) is 1. The third-order valence-corrected chi connectivity index (χ3v) is 6.39. The van der Waals surface area contributed by atoms with Gasteiger partial charge in [0.25, 0.3) is 11.8 Å². The van der Waals surface area contributed by atoms with Gasteiger partial charge in [-0.1, -0.05) is 18.6 Å². The van der Waals surface area contributed by atoms with Gasteiger partial charge in [0, 0.05) is 6.54 Å². The van der Waals surface area contributed by atoms with E-state index in [0.717, 1.165) is 12.8 Å². The van der Waals surface area contributed by atoms with Crippen molar-refractivity contribution in [1.82, 2.24) is 4.90 Å². The molecule has 1 aromatic rings. The Labute approximate surface area is 148 Å². The number of rotatable bonds is 3. The predicted molar refractivity (Wildman–Crippen MR) is 94.4 cm³/mol. The second kappa shape index (κ2) is 5.42. The first kappa shape index (κ1) is 16.8. The zero-order chi connectivity index (χ0) is 18.0. The minimum absolute atomic E-state index is 0.180. The van der Waals surface area contributed by atoms with Crippen molar-refractivity contribution in [3.05, 3.63) is 35.4 Å². The van der Waals surface area contributed by atoms with Crippen LogP contribution < -0.4 is 0 Å². The lowest BCUT2D eigenvalue weighted by molar-refractivity contribution is 0.00578. The van der Waals surface area contributed by atoms with E-state index in [1.54, 1.807) is 24.3 Å². The molecule has 1 saturated carbocycles. The number of carbonyl (C=O) groups excluding carboxylic acids is 2. The van der Waals surface area contributed by atoms with Gasteiger partial charge >= 0.3 is 7.12 Å². The van der Waals surface area contributed by atoms with Crippen molar-refractivity contribution in [3.63, 3.8) is 0 Å². The number of fused-ring (bicyclic) bond motifs is 1. The Morgan fingerprint density at radius 1 is 1.00 bits per heavy atom. The average molecular weight is 341 g/mol. The van der Waals surface area contributed by atoms with Crippen LogP contribution in [-0.2, 0) is 9.31 Å². The van der Waals surface area contributed by atoms with Gasteiger partial charge in [-0.2, -0.15) is 0 Å². The molecule has 2 fully saturated rings. The summed E-state index contributed by atoms with van der Waals surface area (Å²) < 4.78 is 12.3. The van der Waals surface area contributed by atoms with Gasteiger partial charge in [-0.15, -0.1) is 0 Å². The first-order chi connectivity index (χ1) is 11.7. The summed E-state index contributed by atoms with van der Waals surface area (Å²) in [5.41, 5.74) is 0.318. The van der Waals surface area contributed by atoms with E-state index < -0.39 is 0 Å². The van der Waals surface area contributed by atoms with Crippen LogP contribution in [0.4, 0.5) is 0 Å². The Balaban J connectivity index is 1.47. The number of benzene rings is 1. The largest absolute Gasteiger partial charge is 0.461 e. The summed E-state index contributed by atoms with van der Waals surface area (Å²) in [6, 6.07) is 7.04. The molecule has 2 heterocycles. The predicted octanol–water partition coefficient (Wildman–Crippen LogP) is 3.16. The third kappa shape index (κ3) is 2.46. The van der Waals surface area contributed by atoms with Gasteiger partial charge in [0.2, 0.25) is 0 Å². The monoisotopic (exact) mass is 341 g/mol. The van der Waals surface area contributed by atoms with Crippen LogP contribution in [0.25, 0.3) is 0 Å². The second-order valence-electron chi connectivity index (χ2n) is 8.39. The van der Waals surface area contributed by atoms with Crippen molar-refractivity contribution >= 4 is 18.9 Å². The normalized spacial score (nSPS) is 29.8. The van der Waals surface area contributed by atoms with Crippen LogP contribution in [0.3, 0.4) is 0 Å². The maximum Gasteiger partial charge on any atom is 0.461 e. The van der Waals surface area contributed by atoms with E-state index in [0.29, 0.717) is 17.7 Å². The zero-order valence-electron chi connectivity index (χ0n) is 15.2. The number of carbonyl (C=O) groups is 2. The first-order valence-electron chi connectivity index (χ1n) is 9.02. The smallest absolute Gasteiger partial charge is 0.403 e. The Hall–Kier alpha value is -1.66. The Morgan fingerprint density at radius 2 is 1.52 bits per heavy atom. The maximum absolute atomic E-state index is 12.6. The van der Waals surface area contributed by atoms with E-state index in [4.69, 9.17) is 9.31 Å². The zero-order valence-corrected chi connectivity index (χ0v) is 15.2. The Kier molecular flexibility index (Phi) is 3.64. The van der Waals surface area contributed by atoms with Crippen LogP contribution in [0.15, 0.2) is 24.3 Å². The summed E-state index contributed by atoms with van der Waals surface area (Å²) in [6.07, 6.45) is 1.99. The second-order valence-corrected chi connectivity index (χ2v) is 8.39. The molecule has 1 aliphatic carbocycles. The van der Waals surface area contributed by atoms with Crippen LogP contribution in [0.5, 0.6) is 0 Å². The van der Waals surface area contributed by atoms with Gasteiger partial charge in [-0.25, -0.2) is 0 Å². The minimum atomic E-state index is -0.354. The van der Waals surface area contributed by atoms with E-state index in [1.807, 2.05) is 27.7 Å². The van der Waals surface area contributed by atoms with Crippen molar-refractivity contribution in [3.8, 4) is 0 Å². The van der Waals surface area contributed by atoms with Crippen molar-refractivity contribution in [1.29, 1.82) is 0 Å². The number of imide groups is 1. The van der Waals surface area contributed by atoms with Crippen LogP contribution in [0.1, 0.15) is 61.3 Å². The Bertz CT molecular complexity index is 694. The summed E-state index contributed by atoms with van der Waals surface area (Å²) in [5.74, 6) is 0.0996. The molecular formula is C19H24BNO4. The van der Waals surface area contributed by atoms with Crippen molar-refractivity contribution in [2.45, 2.75) is 57.6 Å².